The summed E-state index contributed by atoms with van der Waals surface area (Å²) >= 11 is 0. The average molecular weight is 1190 g/mol. The Kier molecular flexibility index (Phi) is 37.7. The molecule has 0 saturated heterocycles. The number of nitrogens with one attached hydrogen (secondary N) is 4. The van der Waals surface area contributed by atoms with Crippen LogP contribution in [0.4, 0.5) is 5.69 Å². The van der Waals surface area contributed by atoms with Crippen LogP contribution in [0.2, 0.25) is 5.04 Å². The Balaban J connectivity index is 1.08. The van der Waals surface area contributed by atoms with E-state index in [-0.39, 0.29) is 42.9 Å². The van der Waals surface area contributed by atoms with Crippen LogP contribution in [-0.4, -0.2) is 190 Å². The van der Waals surface area contributed by atoms with Gasteiger partial charge in [-0.15, -0.1) is 0 Å². The second-order valence-electron chi connectivity index (χ2n) is 20.4. The molecule has 4 aromatic carbocycles. The van der Waals surface area contributed by atoms with E-state index in [4.69, 9.17) is 57.3 Å². The SMILES string of the molecule is CNCCCC[C@H](NC(=O)[C@H](Cc1ccccc1)NC(=O)CCOCCOCCOCCOCCOCCOCCOCCOCCOCCOCCN=[N+]=[N-])C(=O)Nc1ccc(CO[Si](c2ccccc2)(c2ccccc2)C(C)(C)C)cc1. The van der Waals surface area contributed by atoms with Crippen molar-refractivity contribution in [1.82, 2.24) is 16.0 Å². The molecule has 0 unspecified atom stereocenters. The van der Waals surface area contributed by atoms with Crippen molar-refractivity contribution in [2.24, 2.45) is 5.11 Å². The van der Waals surface area contributed by atoms with Crippen molar-refractivity contribution < 1.29 is 66.2 Å². The smallest absolute Gasteiger partial charge is 0.261 e. The molecule has 0 fully saturated rings. The highest BCUT2D eigenvalue weighted by Crippen LogP contribution is 2.37. The predicted molar refractivity (Wildman–Crippen MR) is 326 cm³/mol. The van der Waals surface area contributed by atoms with Gasteiger partial charge in [0.25, 0.3) is 8.32 Å². The van der Waals surface area contributed by atoms with Crippen molar-refractivity contribution in [2.45, 2.75) is 76.6 Å². The predicted octanol–water partition coefficient (Wildman–Crippen LogP) is 6.17. The fraction of sp³-hybridized carbons (Fsp3) is 0.565. The van der Waals surface area contributed by atoms with E-state index in [0.717, 1.165) is 24.1 Å². The summed E-state index contributed by atoms with van der Waals surface area (Å²) in [5, 5.41) is 17.7. The third-order valence-corrected chi connectivity index (χ3v) is 18.0. The lowest BCUT2D eigenvalue weighted by atomic mass is 10.0. The zero-order valence-corrected chi connectivity index (χ0v) is 51.0. The maximum atomic E-state index is 14.1. The Morgan fingerprint density at radius 2 is 0.940 bits per heavy atom. The minimum absolute atomic E-state index is 0.0296. The van der Waals surface area contributed by atoms with Crippen LogP contribution in [-0.2, 0) is 79.2 Å². The number of rotatable bonds is 50. The standard InChI is InChI=1S/C62H93N7O14Si/c1-62(2,3)84(55-18-10-6-11-19-55,56-20-12-7-13-21-56)83-51-53-23-25-54(26-24-53)66-60(71)57(22-14-15-28-64-4)68-61(72)58(50-52-16-8-5-9-17-52)67-59(70)27-30-73-32-34-75-36-38-77-40-42-79-44-46-81-48-49-82-47-45-80-43-41-78-39-37-76-35-33-74-31-29-65-69-63/h5-13,16-21,23-26,57-58,64H,14-15,22,27-51H2,1-4H3,(H,66,71)(H,67,70)(H,68,72)/t57-,58-/m0/s1. The van der Waals surface area contributed by atoms with Crippen molar-refractivity contribution in [3.63, 3.8) is 0 Å². The summed E-state index contributed by atoms with van der Waals surface area (Å²) < 4.78 is 62.2. The number of hydrogen-bond acceptors (Lipinski definition) is 16. The van der Waals surface area contributed by atoms with Crippen molar-refractivity contribution in [2.75, 3.05) is 158 Å². The van der Waals surface area contributed by atoms with Gasteiger partial charge in [0, 0.05) is 30.0 Å². The van der Waals surface area contributed by atoms with Gasteiger partial charge in [-0.1, -0.05) is 129 Å². The van der Waals surface area contributed by atoms with Gasteiger partial charge in [-0.05, 0) is 77.1 Å². The summed E-state index contributed by atoms with van der Waals surface area (Å²) in [4.78, 5) is 44.1. The summed E-state index contributed by atoms with van der Waals surface area (Å²) in [6.45, 7) is 16.4. The normalized spacial score (nSPS) is 12.3. The van der Waals surface area contributed by atoms with Gasteiger partial charge < -0.3 is 73.1 Å². The van der Waals surface area contributed by atoms with Crippen molar-refractivity contribution >= 4 is 42.1 Å². The third kappa shape index (κ3) is 29.9. The number of azide groups is 1. The van der Waals surface area contributed by atoms with Gasteiger partial charge in [-0.3, -0.25) is 14.4 Å². The number of anilines is 1. The quantitative estimate of drug-likeness (QED) is 0.0127. The van der Waals surface area contributed by atoms with E-state index in [1.807, 2.05) is 73.8 Å². The number of carbonyl (C=O) groups is 3. The van der Waals surface area contributed by atoms with Gasteiger partial charge in [-0.25, -0.2) is 0 Å². The molecule has 0 spiro atoms. The molecule has 4 rings (SSSR count). The van der Waals surface area contributed by atoms with Crippen LogP contribution in [0, 0.1) is 0 Å². The molecule has 21 nitrogen and oxygen atoms in total. The van der Waals surface area contributed by atoms with Gasteiger partial charge in [0.05, 0.1) is 139 Å². The number of carbonyl (C=O) groups excluding carboxylic acids is 3. The first-order valence-corrected chi connectivity index (χ1v) is 31.2. The second kappa shape index (κ2) is 44.8. The van der Waals surface area contributed by atoms with E-state index in [2.05, 4.69) is 101 Å². The molecule has 0 bridgehead atoms. The zero-order valence-electron chi connectivity index (χ0n) is 50.0. The molecule has 4 N–H and O–H groups in total. The molecule has 0 aromatic heterocycles. The highest BCUT2D eigenvalue weighted by molar-refractivity contribution is 6.99. The Morgan fingerprint density at radius 3 is 1.37 bits per heavy atom. The van der Waals surface area contributed by atoms with Gasteiger partial charge in [0.2, 0.25) is 17.7 Å². The monoisotopic (exact) mass is 1190 g/mol. The minimum atomic E-state index is -2.77. The second-order valence-corrected chi connectivity index (χ2v) is 24.7. The van der Waals surface area contributed by atoms with Gasteiger partial charge in [-0.2, -0.15) is 0 Å². The first-order valence-electron chi connectivity index (χ1n) is 29.3. The Labute approximate surface area is 498 Å². The summed E-state index contributed by atoms with van der Waals surface area (Å²) in [5.41, 5.74) is 10.6. The molecular formula is C62H93N7O14Si. The van der Waals surface area contributed by atoms with Crippen LogP contribution in [0.1, 0.15) is 57.6 Å². The van der Waals surface area contributed by atoms with E-state index < -0.39 is 26.3 Å². The Bertz CT molecular complexity index is 2330. The van der Waals surface area contributed by atoms with Crippen LogP contribution >= 0.6 is 0 Å². The molecule has 0 aliphatic carbocycles. The van der Waals surface area contributed by atoms with Gasteiger partial charge in [0.1, 0.15) is 12.1 Å². The maximum absolute atomic E-state index is 14.1. The molecule has 464 valence electrons. The van der Waals surface area contributed by atoms with Crippen LogP contribution in [0.15, 0.2) is 120 Å². The maximum Gasteiger partial charge on any atom is 0.261 e. The lowest BCUT2D eigenvalue weighted by Gasteiger charge is -2.43. The zero-order chi connectivity index (χ0) is 60.0. The number of nitrogens with zero attached hydrogens (tertiary/aromatic N) is 3. The fourth-order valence-corrected chi connectivity index (χ4v) is 13.3. The van der Waals surface area contributed by atoms with Crippen LogP contribution in [0.3, 0.4) is 0 Å². The van der Waals surface area contributed by atoms with Crippen LogP contribution < -0.4 is 31.6 Å². The van der Waals surface area contributed by atoms with Gasteiger partial charge in [0.15, 0.2) is 0 Å². The highest BCUT2D eigenvalue weighted by atomic mass is 28.4. The van der Waals surface area contributed by atoms with Crippen LogP contribution in [0.25, 0.3) is 10.4 Å². The van der Waals surface area contributed by atoms with Crippen molar-refractivity contribution in [1.29, 1.82) is 0 Å². The summed E-state index contributed by atoms with van der Waals surface area (Å²) in [6, 6.07) is 36.3. The number of ether oxygens (including phenoxy) is 10. The first kappa shape index (κ1) is 70.8. The number of unbranched alkanes of at least 4 members (excludes halogenated alkanes) is 1. The van der Waals surface area contributed by atoms with E-state index in [1.165, 1.54) is 10.4 Å². The molecule has 2 atom stereocenters. The topological polar surface area (TPSA) is 250 Å². The highest BCUT2D eigenvalue weighted by Gasteiger charge is 2.50. The number of benzene rings is 4. The molecular weight excluding hydrogens is 1090 g/mol. The fourth-order valence-electron chi connectivity index (χ4n) is 8.78. The Morgan fingerprint density at radius 1 is 0.512 bits per heavy atom. The molecule has 0 heterocycles. The minimum Gasteiger partial charge on any atom is -0.403 e. The lowest BCUT2D eigenvalue weighted by Crippen LogP contribution is -2.66. The van der Waals surface area contributed by atoms with Crippen molar-refractivity contribution in [3.05, 3.63) is 137 Å². The third-order valence-electron chi connectivity index (χ3n) is 13.1. The average Bonchev–Trinajstić information content (AvgIpc) is 1.36. The summed E-state index contributed by atoms with van der Waals surface area (Å²) in [7, 11) is -0.889. The number of hydrogen-bond donors (Lipinski definition) is 4. The molecule has 0 aliphatic rings. The molecule has 4 aromatic rings. The van der Waals surface area contributed by atoms with Crippen molar-refractivity contribution in [3.8, 4) is 0 Å². The van der Waals surface area contributed by atoms with Crippen LogP contribution in [0.5, 0.6) is 0 Å². The summed E-state index contributed by atoms with van der Waals surface area (Å²) in [5.74, 6) is -1.15. The van der Waals surface area contributed by atoms with E-state index in [0.29, 0.717) is 151 Å². The van der Waals surface area contributed by atoms with E-state index in [1.54, 1.807) is 0 Å². The van der Waals surface area contributed by atoms with Gasteiger partial charge >= 0.3 is 0 Å². The van der Waals surface area contributed by atoms with E-state index >= 15 is 0 Å². The Hall–Kier alpha value is -5.66. The largest absolute Gasteiger partial charge is 0.403 e. The molecule has 0 radical (unpaired) electrons. The molecule has 3 amide bonds. The summed E-state index contributed by atoms with van der Waals surface area (Å²) in [6.07, 6.45) is 2.16. The molecule has 0 aliphatic heterocycles. The molecule has 22 heteroatoms. The molecule has 84 heavy (non-hydrogen) atoms. The lowest BCUT2D eigenvalue weighted by molar-refractivity contribution is -0.131. The first-order chi connectivity index (χ1) is 41.1. The molecule has 0 saturated carbocycles. The number of amides is 3. The van der Waals surface area contributed by atoms with E-state index in [9.17, 15) is 14.4 Å².